The zero-order valence-corrected chi connectivity index (χ0v) is 36.0. The van der Waals surface area contributed by atoms with Crippen molar-refractivity contribution in [3.63, 3.8) is 0 Å². The van der Waals surface area contributed by atoms with E-state index >= 15 is 0 Å². The summed E-state index contributed by atoms with van der Waals surface area (Å²) in [5, 5.41) is 27.3. The molecule has 0 radical (unpaired) electrons. The minimum absolute atomic E-state index is 0.0426. The van der Waals surface area contributed by atoms with Gasteiger partial charge in [0.1, 0.15) is 17.1 Å². The predicted molar refractivity (Wildman–Crippen MR) is 235 cm³/mol. The zero-order chi connectivity index (χ0) is 41.1. The summed E-state index contributed by atoms with van der Waals surface area (Å²) in [5.74, 6) is 1.21. The van der Waals surface area contributed by atoms with Crippen LogP contribution < -0.4 is 14.8 Å². The van der Waals surface area contributed by atoms with Crippen LogP contribution in [0.25, 0.3) is 0 Å². The molecular weight excluding hydrogens is 769 g/mol. The van der Waals surface area contributed by atoms with Gasteiger partial charge in [-0.25, -0.2) is 0 Å². The average Bonchev–Trinajstić information content (AvgIpc) is 3.20. The van der Waals surface area contributed by atoms with Crippen LogP contribution in [0.3, 0.4) is 0 Å². The molecule has 312 valence electrons. The van der Waals surface area contributed by atoms with E-state index < -0.39 is 11.4 Å². The Balaban J connectivity index is 1.47. The van der Waals surface area contributed by atoms with E-state index in [0.29, 0.717) is 13.0 Å². The first-order valence-corrected chi connectivity index (χ1v) is 22.5. The number of aliphatic hydroxyl groups is 2. The Morgan fingerprint density at radius 3 is 2.43 bits per heavy atom. The largest absolute Gasteiger partial charge is 0.493 e. The van der Waals surface area contributed by atoms with Gasteiger partial charge in [0.2, 0.25) is 11.7 Å². The van der Waals surface area contributed by atoms with Crippen LogP contribution in [0.4, 0.5) is 5.69 Å². The fourth-order valence-corrected chi connectivity index (χ4v) is 10.6. The van der Waals surface area contributed by atoms with Crippen molar-refractivity contribution in [3.05, 3.63) is 103 Å². The van der Waals surface area contributed by atoms with E-state index in [1.54, 1.807) is 29.6 Å². The van der Waals surface area contributed by atoms with Gasteiger partial charge < -0.3 is 34.6 Å². The van der Waals surface area contributed by atoms with Gasteiger partial charge in [0.15, 0.2) is 0 Å². The molecule has 0 aromatic heterocycles. The first kappa shape index (κ1) is 43.8. The Morgan fingerprint density at radius 2 is 1.74 bits per heavy atom. The number of nitrogens with one attached hydrogen (secondary N) is 1. The lowest BCUT2D eigenvalue weighted by Gasteiger charge is -2.58. The zero-order valence-electron chi connectivity index (χ0n) is 34.4. The number of aliphatic hydroxyl groups excluding tert-OH is 2. The molecule has 1 fully saturated rings. The third-order valence-corrected chi connectivity index (χ3v) is 13.2. The summed E-state index contributed by atoms with van der Waals surface area (Å²) >= 11 is 3.46. The molecule has 0 saturated heterocycles. The number of rotatable bonds is 20. The van der Waals surface area contributed by atoms with E-state index in [2.05, 4.69) is 48.3 Å². The summed E-state index contributed by atoms with van der Waals surface area (Å²) in [6.07, 6.45) is 9.75. The number of oxime groups is 1. The summed E-state index contributed by atoms with van der Waals surface area (Å²) in [6.45, 7) is 12.7. The number of hydrogen-bond acceptors (Lipinski definition) is 10. The normalized spacial score (nSPS) is 24.2. The van der Waals surface area contributed by atoms with E-state index in [4.69, 9.17) is 24.2 Å². The number of carbonyl (C=O) groups excluding carboxylic acids is 1. The van der Waals surface area contributed by atoms with Gasteiger partial charge in [-0.2, -0.15) is 0 Å². The fourth-order valence-electron chi connectivity index (χ4n) is 8.53. The van der Waals surface area contributed by atoms with Crippen LogP contribution in [0.2, 0.25) is 0 Å². The maximum atomic E-state index is 11.8. The van der Waals surface area contributed by atoms with E-state index in [1.165, 1.54) is 11.8 Å². The highest BCUT2D eigenvalue weighted by Gasteiger charge is 2.64. The van der Waals surface area contributed by atoms with E-state index in [0.717, 1.165) is 83.2 Å². The van der Waals surface area contributed by atoms with Gasteiger partial charge in [-0.3, -0.25) is 4.79 Å². The standard InChI is InChI=1S/C47H60N2O7S2/c1-6-26-54-47-43(58-37-21-18-34(19-22-37)48-32(2)52)31-41(49-56-46(3,4)5)39-29-33(14-10-12-24-50)38(17-11-13-25-51)44(45(39)47)40-30-35(20-23-42(40)55-47)53-27-28-57-36-15-8-7-9-16-36/h6-9,15-16,18-23,29-30,33,38,43-45,50-51H,1,10-14,17,24-28,31H2,2-5H3,(H,48,52). The molecule has 6 rings (SSSR count). The third kappa shape index (κ3) is 10.9. The van der Waals surface area contributed by atoms with E-state index in [-0.39, 0.29) is 54.6 Å². The maximum absolute atomic E-state index is 11.8. The Hall–Kier alpha value is -3.74. The monoisotopic (exact) mass is 828 g/mol. The molecule has 58 heavy (non-hydrogen) atoms. The van der Waals surface area contributed by atoms with Crippen molar-refractivity contribution >= 4 is 40.8 Å². The van der Waals surface area contributed by atoms with E-state index in [9.17, 15) is 15.0 Å². The van der Waals surface area contributed by atoms with Gasteiger partial charge >= 0.3 is 0 Å². The van der Waals surface area contributed by atoms with Crippen molar-refractivity contribution in [3.8, 4) is 11.5 Å². The number of hydrogen-bond donors (Lipinski definition) is 3. The highest BCUT2D eigenvalue weighted by atomic mass is 32.2. The first-order chi connectivity index (χ1) is 28.0. The lowest BCUT2D eigenvalue weighted by molar-refractivity contribution is -0.223. The van der Waals surface area contributed by atoms with Gasteiger partial charge in [-0.1, -0.05) is 48.3 Å². The van der Waals surface area contributed by atoms with Gasteiger partial charge in [0.25, 0.3) is 0 Å². The second-order valence-electron chi connectivity index (χ2n) is 16.3. The van der Waals surface area contributed by atoms with Crippen LogP contribution in [0, 0.1) is 17.8 Å². The van der Waals surface area contributed by atoms with Crippen LogP contribution in [0.15, 0.2) is 112 Å². The molecule has 3 N–H and O–H groups in total. The molecule has 3 aromatic rings. The molecule has 1 aliphatic heterocycles. The molecule has 2 aliphatic carbocycles. The average molecular weight is 829 g/mol. The molecule has 11 heteroatoms. The number of anilines is 1. The molecule has 3 aliphatic rings. The highest BCUT2D eigenvalue weighted by molar-refractivity contribution is 8.00. The summed E-state index contributed by atoms with van der Waals surface area (Å²) in [5.41, 5.74) is 3.28. The number of ether oxygens (including phenoxy) is 3. The Bertz CT molecular complexity index is 1880. The van der Waals surface area contributed by atoms with Crippen LogP contribution in [-0.2, 0) is 14.4 Å². The number of thioether (sulfide) groups is 2. The molecule has 1 saturated carbocycles. The van der Waals surface area contributed by atoms with Crippen molar-refractivity contribution in [2.24, 2.45) is 22.9 Å². The number of unbranched alkanes of at least 4 members (excludes halogenated alkanes) is 2. The number of amides is 1. The van der Waals surface area contributed by atoms with Crippen LogP contribution in [0.5, 0.6) is 11.5 Å². The van der Waals surface area contributed by atoms with Crippen LogP contribution in [-0.4, -0.2) is 70.7 Å². The van der Waals surface area contributed by atoms with Gasteiger partial charge in [0.05, 0.1) is 30.1 Å². The smallest absolute Gasteiger partial charge is 0.231 e. The molecule has 1 amide bonds. The minimum atomic E-state index is -1.11. The molecule has 6 unspecified atom stereocenters. The van der Waals surface area contributed by atoms with Crippen LogP contribution in [0.1, 0.15) is 84.1 Å². The molecule has 0 bridgehead atoms. The topological polar surface area (TPSA) is 119 Å². The minimum Gasteiger partial charge on any atom is -0.493 e. The molecule has 9 nitrogen and oxygen atoms in total. The maximum Gasteiger partial charge on any atom is 0.231 e. The summed E-state index contributed by atoms with van der Waals surface area (Å²) in [6, 6.07) is 24.5. The fraction of sp³-hybridized carbons (Fsp3) is 0.489. The summed E-state index contributed by atoms with van der Waals surface area (Å²) in [7, 11) is 0. The summed E-state index contributed by atoms with van der Waals surface area (Å²) < 4.78 is 20.9. The SMILES string of the molecule is C=CCOC12Oc3ccc(OCCSc4ccccc4)cc3C3C(CCCCO)C(CCCCO)C=C(C(=NOC(C)(C)C)CC1Sc1ccc(NC(C)=O)cc1)C32. The number of carbonyl (C=O) groups is 1. The van der Waals surface area contributed by atoms with E-state index in [1.807, 2.05) is 63.2 Å². The molecule has 6 atom stereocenters. The number of fused-ring (bicyclic) bond motifs is 2. The third-order valence-electron chi connectivity index (χ3n) is 10.9. The number of nitrogens with zero attached hydrogens (tertiary/aromatic N) is 1. The highest BCUT2D eigenvalue weighted by Crippen LogP contribution is 2.63. The quantitative estimate of drug-likeness (QED) is 0.0443. The van der Waals surface area contributed by atoms with Crippen molar-refractivity contribution in [2.45, 2.75) is 105 Å². The Kier molecular flexibility index (Phi) is 15.5. The Morgan fingerprint density at radius 1 is 1.00 bits per heavy atom. The van der Waals surface area contributed by atoms with Crippen LogP contribution >= 0.6 is 23.5 Å². The van der Waals surface area contributed by atoms with Gasteiger partial charge in [-0.15, -0.1) is 30.1 Å². The number of allylic oxidation sites excluding steroid dienone is 1. The van der Waals surface area contributed by atoms with Crippen molar-refractivity contribution in [2.75, 3.05) is 37.5 Å². The first-order valence-electron chi connectivity index (χ1n) is 20.7. The van der Waals surface area contributed by atoms with Gasteiger partial charge in [-0.05, 0) is 118 Å². The van der Waals surface area contributed by atoms with Crippen molar-refractivity contribution in [1.29, 1.82) is 0 Å². The van der Waals surface area contributed by atoms with Crippen molar-refractivity contribution in [1.82, 2.24) is 0 Å². The second kappa shape index (κ2) is 20.5. The molecule has 3 aromatic carbocycles. The Labute approximate surface area is 353 Å². The lowest BCUT2D eigenvalue weighted by atomic mass is 9.56. The molecule has 0 spiro atoms. The second-order valence-corrected chi connectivity index (χ2v) is 18.7. The summed E-state index contributed by atoms with van der Waals surface area (Å²) in [4.78, 5) is 20.3. The predicted octanol–water partition coefficient (Wildman–Crippen LogP) is 10.0. The molecular formula is C47H60N2O7S2. The van der Waals surface area contributed by atoms with Crippen molar-refractivity contribution < 1.29 is 34.1 Å². The lowest BCUT2D eigenvalue weighted by Crippen LogP contribution is -2.64. The number of benzene rings is 3. The van der Waals surface area contributed by atoms with Gasteiger partial charge in [0, 0.05) is 59.3 Å². The molecule has 1 heterocycles.